The summed E-state index contributed by atoms with van der Waals surface area (Å²) in [5.41, 5.74) is 0.0686. The van der Waals surface area contributed by atoms with Crippen molar-refractivity contribution in [2.45, 2.75) is 13.1 Å². The minimum atomic E-state index is -4.60. The summed E-state index contributed by atoms with van der Waals surface area (Å²) < 4.78 is 39.7. The Morgan fingerprint density at radius 1 is 0.960 bits per heavy atom. The molecule has 4 heterocycles. The summed E-state index contributed by atoms with van der Waals surface area (Å²) in [5.74, 6) is -0.654. The van der Waals surface area contributed by atoms with Crippen LogP contribution in [0.15, 0.2) is 12.1 Å². The molecule has 1 fully saturated rings. The van der Waals surface area contributed by atoms with Gasteiger partial charge in [-0.2, -0.15) is 17.7 Å². The first-order chi connectivity index (χ1) is 11.9. The van der Waals surface area contributed by atoms with Crippen molar-refractivity contribution < 1.29 is 13.2 Å². The molecule has 3 aromatic rings. The lowest BCUT2D eigenvalue weighted by Crippen LogP contribution is -2.47. The van der Waals surface area contributed by atoms with Crippen LogP contribution in [0.25, 0.3) is 5.65 Å². The van der Waals surface area contributed by atoms with Gasteiger partial charge in [-0.1, -0.05) is 11.3 Å². The Kier molecular flexibility index (Phi) is 3.71. The van der Waals surface area contributed by atoms with Gasteiger partial charge in [-0.15, -0.1) is 25.5 Å². The second kappa shape index (κ2) is 5.79. The van der Waals surface area contributed by atoms with Gasteiger partial charge in [-0.05, 0) is 19.1 Å². The smallest absolute Gasteiger partial charge is 0.352 e. The Morgan fingerprint density at radius 2 is 1.68 bits per heavy atom. The second-order valence-electron chi connectivity index (χ2n) is 5.56. The Morgan fingerprint density at radius 3 is 2.32 bits per heavy atom. The molecule has 8 nitrogen and oxygen atoms in total. The molecule has 132 valence electrons. The van der Waals surface area contributed by atoms with Crippen LogP contribution < -0.4 is 9.80 Å². The normalized spacial score (nSPS) is 16.0. The molecular weight excluding hydrogens is 357 g/mol. The fraction of sp³-hybridized carbons (Fsp3) is 0.462. The number of anilines is 2. The second-order valence-corrected chi connectivity index (χ2v) is 6.72. The molecule has 0 bridgehead atoms. The molecule has 12 heteroatoms. The maximum atomic E-state index is 13.0. The van der Waals surface area contributed by atoms with E-state index in [-0.39, 0.29) is 5.65 Å². The third-order valence-corrected chi connectivity index (χ3v) is 4.79. The highest BCUT2D eigenvalue weighted by atomic mass is 32.1. The monoisotopic (exact) mass is 370 g/mol. The third kappa shape index (κ3) is 2.97. The first kappa shape index (κ1) is 16.0. The molecular formula is C13H13F3N8S. The Balaban J connectivity index is 1.55. The fourth-order valence-electron chi connectivity index (χ4n) is 2.67. The molecule has 0 amide bonds. The lowest BCUT2D eigenvalue weighted by atomic mass is 10.3. The topological polar surface area (TPSA) is 75.3 Å². The number of piperazine rings is 1. The first-order valence-electron chi connectivity index (χ1n) is 7.51. The molecule has 3 aromatic heterocycles. The molecule has 0 atom stereocenters. The van der Waals surface area contributed by atoms with Crippen LogP contribution in [0.2, 0.25) is 0 Å². The number of nitrogens with zero attached hydrogens (tertiary/aromatic N) is 8. The van der Waals surface area contributed by atoms with Crippen LogP contribution in [-0.4, -0.2) is 56.2 Å². The zero-order chi connectivity index (χ0) is 17.6. The SMILES string of the molecule is Cc1nnc(N2CCN(c3ccc4nnc(C(F)(F)F)n4n3)CC2)s1. The van der Waals surface area contributed by atoms with E-state index >= 15 is 0 Å². The fourth-order valence-corrected chi connectivity index (χ4v) is 3.40. The molecule has 25 heavy (non-hydrogen) atoms. The van der Waals surface area contributed by atoms with Gasteiger partial charge in [0, 0.05) is 26.2 Å². The number of fused-ring (bicyclic) bond motifs is 1. The van der Waals surface area contributed by atoms with Crippen LogP contribution >= 0.6 is 11.3 Å². The molecule has 0 aromatic carbocycles. The van der Waals surface area contributed by atoms with E-state index in [4.69, 9.17) is 0 Å². The number of halogens is 3. The van der Waals surface area contributed by atoms with Crippen LogP contribution in [0, 0.1) is 6.92 Å². The van der Waals surface area contributed by atoms with Gasteiger partial charge >= 0.3 is 6.18 Å². The predicted octanol–water partition coefficient (Wildman–Crippen LogP) is 1.63. The molecule has 0 aliphatic carbocycles. The van der Waals surface area contributed by atoms with E-state index in [2.05, 4.69) is 30.4 Å². The number of rotatable bonds is 2. The van der Waals surface area contributed by atoms with Gasteiger partial charge in [0.2, 0.25) is 5.13 Å². The van der Waals surface area contributed by atoms with E-state index in [1.807, 2.05) is 11.8 Å². The summed E-state index contributed by atoms with van der Waals surface area (Å²) in [7, 11) is 0. The van der Waals surface area contributed by atoms with Gasteiger partial charge in [0.05, 0.1) is 0 Å². The van der Waals surface area contributed by atoms with Crippen LogP contribution in [0.3, 0.4) is 0 Å². The molecule has 1 aliphatic rings. The van der Waals surface area contributed by atoms with Gasteiger partial charge in [0.1, 0.15) is 10.8 Å². The summed E-state index contributed by atoms with van der Waals surface area (Å²) in [5, 5.41) is 20.7. The van der Waals surface area contributed by atoms with Crippen LogP contribution in [0.5, 0.6) is 0 Å². The summed E-state index contributed by atoms with van der Waals surface area (Å²) >= 11 is 1.52. The van der Waals surface area contributed by atoms with Crippen molar-refractivity contribution in [3.63, 3.8) is 0 Å². The molecule has 0 N–H and O–H groups in total. The Hall–Kier alpha value is -2.50. The summed E-state index contributed by atoms with van der Waals surface area (Å²) in [4.78, 5) is 4.05. The van der Waals surface area contributed by atoms with Gasteiger partial charge in [0.25, 0.3) is 5.82 Å². The zero-order valence-electron chi connectivity index (χ0n) is 13.1. The van der Waals surface area contributed by atoms with Crippen LogP contribution in [0.1, 0.15) is 10.8 Å². The average molecular weight is 370 g/mol. The first-order valence-corrected chi connectivity index (χ1v) is 8.33. The lowest BCUT2D eigenvalue weighted by molar-refractivity contribution is -0.146. The van der Waals surface area contributed by atoms with Gasteiger partial charge in [-0.3, -0.25) is 0 Å². The van der Waals surface area contributed by atoms with E-state index in [9.17, 15) is 13.2 Å². The highest BCUT2D eigenvalue weighted by molar-refractivity contribution is 7.15. The number of aryl methyl sites for hydroxylation is 1. The maximum absolute atomic E-state index is 13.0. The predicted molar refractivity (Wildman–Crippen MR) is 84.9 cm³/mol. The molecule has 0 spiro atoms. The maximum Gasteiger partial charge on any atom is 0.453 e. The van der Waals surface area contributed by atoms with E-state index in [0.29, 0.717) is 32.0 Å². The number of aromatic nitrogens is 6. The van der Waals surface area contributed by atoms with E-state index in [1.165, 1.54) is 17.4 Å². The lowest BCUT2D eigenvalue weighted by Gasteiger charge is -2.34. The standard InChI is InChI=1S/C13H13F3N8S/c1-8-17-20-12(25-8)23-6-4-22(5-7-23)10-3-2-9-18-19-11(13(14,15)16)24(9)21-10/h2-3H,4-7H2,1H3. The molecule has 0 radical (unpaired) electrons. The van der Waals surface area contributed by atoms with Crippen molar-refractivity contribution in [2.24, 2.45) is 0 Å². The third-order valence-electron chi connectivity index (χ3n) is 3.89. The highest BCUT2D eigenvalue weighted by Gasteiger charge is 2.37. The molecule has 4 rings (SSSR count). The minimum absolute atomic E-state index is 0.0686. The van der Waals surface area contributed by atoms with Gasteiger partial charge in [-0.25, -0.2) is 0 Å². The van der Waals surface area contributed by atoms with Crippen molar-refractivity contribution in [2.75, 3.05) is 36.0 Å². The Labute approximate surface area is 143 Å². The number of alkyl halides is 3. The van der Waals surface area contributed by atoms with Crippen LogP contribution in [-0.2, 0) is 6.18 Å². The Bertz CT molecular complexity index is 896. The van der Waals surface area contributed by atoms with E-state index in [0.717, 1.165) is 14.7 Å². The van der Waals surface area contributed by atoms with E-state index in [1.54, 1.807) is 6.07 Å². The number of hydrogen-bond donors (Lipinski definition) is 0. The molecule has 1 saturated heterocycles. The number of hydrogen-bond acceptors (Lipinski definition) is 8. The van der Waals surface area contributed by atoms with Crippen molar-refractivity contribution >= 4 is 27.9 Å². The summed E-state index contributed by atoms with van der Waals surface area (Å²) in [6.07, 6.45) is -4.60. The molecule has 0 unspecified atom stereocenters. The van der Waals surface area contributed by atoms with Crippen molar-refractivity contribution in [1.29, 1.82) is 0 Å². The van der Waals surface area contributed by atoms with Crippen LogP contribution in [0.4, 0.5) is 24.1 Å². The largest absolute Gasteiger partial charge is 0.453 e. The summed E-state index contributed by atoms with van der Waals surface area (Å²) in [6, 6.07) is 3.15. The average Bonchev–Trinajstić information content (AvgIpc) is 3.20. The molecule has 1 aliphatic heterocycles. The zero-order valence-corrected chi connectivity index (χ0v) is 13.9. The van der Waals surface area contributed by atoms with E-state index < -0.39 is 12.0 Å². The van der Waals surface area contributed by atoms with Crippen molar-refractivity contribution in [3.8, 4) is 0 Å². The minimum Gasteiger partial charge on any atom is -0.352 e. The van der Waals surface area contributed by atoms with Crippen molar-refractivity contribution in [1.82, 2.24) is 30.0 Å². The van der Waals surface area contributed by atoms with Gasteiger partial charge < -0.3 is 9.80 Å². The van der Waals surface area contributed by atoms with Gasteiger partial charge in [0.15, 0.2) is 5.65 Å². The summed E-state index contributed by atoms with van der Waals surface area (Å²) in [6.45, 7) is 4.54. The van der Waals surface area contributed by atoms with Crippen molar-refractivity contribution in [3.05, 3.63) is 23.0 Å². The quantitative estimate of drug-likeness (QED) is 0.679. The highest BCUT2D eigenvalue weighted by Crippen LogP contribution is 2.28. The molecule has 0 saturated carbocycles.